The van der Waals surface area contributed by atoms with E-state index in [-0.39, 0.29) is 11.9 Å². The van der Waals surface area contributed by atoms with Crippen LogP contribution in [0.15, 0.2) is 24.3 Å². The number of hydrogen-bond donors (Lipinski definition) is 2. The summed E-state index contributed by atoms with van der Waals surface area (Å²) in [6.45, 7) is 6.94. The highest BCUT2D eigenvalue weighted by Gasteiger charge is 2.31. The summed E-state index contributed by atoms with van der Waals surface area (Å²) in [5.74, 6) is 0.107. The fourth-order valence-electron chi connectivity index (χ4n) is 3.97. The minimum absolute atomic E-state index is 0.107. The molecule has 1 aromatic rings. The minimum atomic E-state index is -0.201. The van der Waals surface area contributed by atoms with Gasteiger partial charge in [-0.3, -0.25) is 4.79 Å². The number of anilines is 1. The summed E-state index contributed by atoms with van der Waals surface area (Å²) in [5.41, 5.74) is 1.40. The van der Waals surface area contributed by atoms with E-state index in [0.29, 0.717) is 23.8 Å². The number of nitrogens with zero attached hydrogens (tertiary/aromatic N) is 2. The van der Waals surface area contributed by atoms with Gasteiger partial charge in [-0.2, -0.15) is 0 Å². The summed E-state index contributed by atoms with van der Waals surface area (Å²) >= 11 is 0. The third-order valence-electron chi connectivity index (χ3n) is 5.51. The Morgan fingerprint density at radius 2 is 1.81 bits per heavy atom. The van der Waals surface area contributed by atoms with Gasteiger partial charge in [-0.1, -0.05) is 13.3 Å². The molecule has 0 saturated carbocycles. The molecule has 3 rings (SSSR count). The number of benzene rings is 1. The van der Waals surface area contributed by atoms with Gasteiger partial charge < -0.3 is 20.4 Å². The molecule has 1 atom stereocenters. The zero-order valence-electron chi connectivity index (χ0n) is 16.4. The highest BCUT2D eigenvalue weighted by molar-refractivity contribution is 5.96. The van der Waals surface area contributed by atoms with Gasteiger partial charge in [0, 0.05) is 36.9 Å². The van der Waals surface area contributed by atoms with Crippen molar-refractivity contribution in [2.45, 2.75) is 51.5 Å². The van der Waals surface area contributed by atoms with Crippen LogP contribution >= 0.6 is 0 Å². The van der Waals surface area contributed by atoms with Crippen LogP contribution in [0.2, 0.25) is 0 Å². The molecule has 2 aliphatic rings. The number of carbonyl (C=O) groups excluding carboxylic acids is 2. The van der Waals surface area contributed by atoms with Crippen molar-refractivity contribution in [2.24, 2.45) is 0 Å². The molecule has 2 aliphatic heterocycles. The van der Waals surface area contributed by atoms with Crippen molar-refractivity contribution in [2.75, 3.05) is 38.0 Å². The molecule has 2 fully saturated rings. The van der Waals surface area contributed by atoms with Gasteiger partial charge in [0.15, 0.2) is 0 Å². The molecule has 1 unspecified atom stereocenters. The summed E-state index contributed by atoms with van der Waals surface area (Å²) < 4.78 is 0. The van der Waals surface area contributed by atoms with E-state index in [2.05, 4.69) is 22.5 Å². The first-order valence-electron chi connectivity index (χ1n) is 10.4. The Balaban J connectivity index is 1.54. The SMILES string of the molecule is CCCCNC(=O)Nc1ccc(C(=O)N2CCCC2CN2CCCC2)cc1. The van der Waals surface area contributed by atoms with Gasteiger partial charge in [-0.25, -0.2) is 4.79 Å². The lowest BCUT2D eigenvalue weighted by molar-refractivity contribution is 0.0709. The van der Waals surface area contributed by atoms with Crippen LogP contribution in [0.25, 0.3) is 0 Å². The predicted octanol–water partition coefficient (Wildman–Crippen LogP) is 3.31. The summed E-state index contributed by atoms with van der Waals surface area (Å²) in [5, 5.41) is 5.64. The van der Waals surface area contributed by atoms with Gasteiger partial charge in [-0.15, -0.1) is 0 Å². The molecule has 6 heteroatoms. The number of amides is 3. The first-order chi connectivity index (χ1) is 13.2. The lowest BCUT2D eigenvalue weighted by Crippen LogP contribution is -2.42. The van der Waals surface area contributed by atoms with Crippen LogP contribution in [-0.4, -0.2) is 60.5 Å². The zero-order chi connectivity index (χ0) is 19.1. The van der Waals surface area contributed by atoms with Gasteiger partial charge in [0.2, 0.25) is 0 Å². The fraction of sp³-hybridized carbons (Fsp3) is 0.619. The minimum Gasteiger partial charge on any atom is -0.338 e. The smallest absolute Gasteiger partial charge is 0.319 e. The molecule has 27 heavy (non-hydrogen) atoms. The van der Waals surface area contributed by atoms with Gasteiger partial charge in [0.25, 0.3) is 5.91 Å². The molecule has 0 radical (unpaired) electrons. The van der Waals surface area contributed by atoms with E-state index in [4.69, 9.17) is 0 Å². The molecular weight excluding hydrogens is 340 g/mol. The highest BCUT2D eigenvalue weighted by Crippen LogP contribution is 2.23. The summed E-state index contributed by atoms with van der Waals surface area (Å²) in [6.07, 6.45) is 6.76. The molecule has 0 aromatic heterocycles. The summed E-state index contributed by atoms with van der Waals surface area (Å²) in [4.78, 5) is 29.3. The molecule has 0 spiro atoms. The maximum Gasteiger partial charge on any atom is 0.319 e. The van der Waals surface area contributed by atoms with Crippen LogP contribution in [0.4, 0.5) is 10.5 Å². The van der Waals surface area contributed by atoms with Crippen molar-refractivity contribution >= 4 is 17.6 Å². The average molecular weight is 373 g/mol. The van der Waals surface area contributed by atoms with Crippen LogP contribution in [-0.2, 0) is 0 Å². The van der Waals surface area contributed by atoms with Gasteiger partial charge in [0.05, 0.1) is 0 Å². The molecule has 148 valence electrons. The van der Waals surface area contributed by atoms with Crippen molar-refractivity contribution in [3.63, 3.8) is 0 Å². The molecule has 0 bridgehead atoms. The second-order valence-electron chi connectivity index (χ2n) is 7.61. The second kappa shape index (κ2) is 9.74. The molecular formula is C21H32N4O2. The molecule has 1 aromatic carbocycles. The van der Waals surface area contributed by atoms with E-state index in [1.165, 1.54) is 25.9 Å². The van der Waals surface area contributed by atoms with E-state index in [1.807, 2.05) is 17.0 Å². The van der Waals surface area contributed by atoms with Crippen molar-refractivity contribution < 1.29 is 9.59 Å². The van der Waals surface area contributed by atoms with Crippen molar-refractivity contribution in [3.8, 4) is 0 Å². The predicted molar refractivity (Wildman–Crippen MR) is 108 cm³/mol. The first-order valence-corrected chi connectivity index (χ1v) is 10.4. The third kappa shape index (κ3) is 5.45. The Hall–Kier alpha value is -2.08. The monoisotopic (exact) mass is 372 g/mol. The standard InChI is InChI=1S/C21H32N4O2/c1-2-3-12-22-21(27)23-18-10-8-17(9-11-18)20(26)25-15-6-7-19(25)16-24-13-4-5-14-24/h8-11,19H,2-7,12-16H2,1H3,(H2,22,23,27). The van der Waals surface area contributed by atoms with Crippen LogP contribution in [0, 0.1) is 0 Å². The van der Waals surface area contributed by atoms with Crippen LogP contribution in [0.1, 0.15) is 55.8 Å². The maximum atomic E-state index is 12.9. The normalized spacial score (nSPS) is 20.0. The van der Waals surface area contributed by atoms with Crippen molar-refractivity contribution in [3.05, 3.63) is 29.8 Å². The molecule has 0 aliphatic carbocycles. The van der Waals surface area contributed by atoms with Gasteiger partial charge in [0.1, 0.15) is 0 Å². The Morgan fingerprint density at radius 3 is 2.52 bits per heavy atom. The molecule has 2 N–H and O–H groups in total. The maximum absolute atomic E-state index is 12.9. The lowest BCUT2D eigenvalue weighted by Gasteiger charge is -2.28. The Kier molecular flexibility index (Phi) is 7.10. The lowest BCUT2D eigenvalue weighted by atomic mass is 10.1. The zero-order valence-corrected chi connectivity index (χ0v) is 16.4. The van der Waals surface area contributed by atoms with E-state index in [9.17, 15) is 9.59 Å². The van der Waals surface area contributed by atoms with Crippen LogP contribution < -0.4 is 10.6 Å². The topological polar surface area (TPSA) is 64.7 Å². The molecule has 3 amide bonds. The van der Waals surface area contributed by atoms with Gasteiger partial charge in [-0.05, 0) is 69.5 Å². The number of urea groups is 1. The van der Waals surface area contributed by atoms with E-state index < -0.39 is 0 Å². The Bertz CT molecular complexity index is 626. The molecule has 2 heterocycles. The molecule has 6 nitrogen and oxygen atoms in total. The number of likely N-dealkylation sites (tertiary alicyclic amines) is 2. The average Bonchev–Trinajstić information content (AvgIpc) is 3.34. The number of rotatable bonds is 7. The van der Waals surface area contributed by atoms with Crippen molar-refractivity contribution in [1.29, 1.82) is 0 Å². The third-order valence-corrected chi connectivity index (χ3v) is 5.51. The van der Waals surface area contributed by atoms with E-state index in [0.717, 1.165) is 38.8 Å². The highest BCUT2D eigenvalue weighted by atomic mass is 16.2. The Morgan fingerprint density at radius 1 is 1.07 bits per heavy atom. The molecule has 2 saturated heterocycles. The van der Waals surface area contributed by atoms with E-state index in [1.54, 1.807) is 12.1 Å². The Labute approximate surface area is 162 Å². The quantitative estimate of drug-likeness (QED) is 0.722. The van der Waals surface area contributed by atoms with Gasteiger partial charge >= 0.3 is 6.03 Å². The number of hydrogen-bond acceptors (Lipinski definition) is 3. The first kappa shape index (κ1) is 19.7. The van der Waals surface area contributed by atoms with E-state index >= 15 is 0 Å². The largest absolute Gasteiger partial charge is 0.338 e. The second-order valence-corrected chi connectivity index (χ2v) is 7.61. The summed E-state index contributed by atoms with van der Waals surface area (Å²) in [6, 6.07) is 7.37. The summed E-state index contributed by atoms with van der Waals surface area (Å²) in [7, 11) is 0. The fourth-order valence-corrected chi connectivity index (χ4v) is 3.97. The van der Waals surface area contributed by atoms with Crippen LogP contribution in [0.3, 0.4) is 0 Å². The number of unbranched alkanes of at least 4 members (excludes halogenated alkanes) is 1. The number of carbonyl (C=O) groups is 2. The van der Waals surface area contributed by atoms with Crippen LogP contribution in [0.5, 0.6) is 0 Å². The number of nitrogens with one attached hydrogen (secondary N) is 2. The van der Waals surface area contributed by atoms with Crippen molar-refractivity contribution in [1.82, 2.24) is 15.1 Å².